The quantitative estimate of drug-likeness (QED) is 0.113. The highest BCUT2D eigenvalue weighted by Gasteiger charge is 2.17. The average molecular weight is 1330 g/mol. The third kappa shape index (κ3) is 12.8. The molecule has 19 rings (SSSR count). The van der Waals surface area contributed by atoms with Gasteiger partial charge >= 0.3 is 0 Å². The van der Waals surface area contributed by atoms with E-state index in [1.807, 2.05) is 42.7 Å². The SMILES string of the molecule is c1ccc(-c2ccc(-c3cc(-c4ccc(-c5cnc6ccccc6c5)cc4)nc(-c4ccc(-c5ccc6ccccc6c5)cc4)n3)cc2)cc1.c1cncc(-c2ccc(-c3cc(-c4cccc(-c5ccc6ccccc6c5)c4)nc(-c4cccc(-c5cc6ccccc6c6ccccc56)c4)n3)cc2)c1. The van der Waals surface area contributed by atoms with Gasteiger partial charge in [-0.25, -0.2) is 19.9 Å². The normalized spacial score (nSPS) is 11.3. The van der Waals surface area contributed by atoms with Crippen molar-refractivity contribution in [2.45, 2.75) is 0 Å². The molecule has 0 aliphatic heterocycles. The monoisotopic (exact) mass is 1320 g/mol. The molecule has 0 bridgehead atoms. The minimum atomic E-state index is 0.682. The van der Waals surface area contributed by atoms with Gasteiger partial charge in [-0.1, -0.05) is 309 Å². The summed E-state index contributed by atoms with van der Waals surface area (Å²) in [6.07, 6.45) is 5.64. The maximum atomic E-state index is 5.28. The summed E-state index contributed by atoms with van der Waals surface area (Å²) in [7, 11) is 0. The second-order valence-corrected chi connectivity index (χ2v) is 26.2. The van der Waals surface area contributed by atoms with Crippen LogP contribution in [0.25, 0.3) is 189 Å². The number of aromatic nitrogens is 6. The first kappa shape index (κ1) is 62.3. The van der Waals surface area contributed by atoms with Crippen molar-refractivity contribution in [2.75, 3.05) is 0 Å². The number of pyridine rings is 2. The third-order valence-electron chi connectivity index (χ3n) is 19.7. The van der Waals surface area contributed by atoms with Crippen LogP contribution in [-0.4, -0.2) is 29.9 Å². The summed E-state index contributed by atoms with van der Waals surface area (Å²) in [6, 6.07) is 131. The molecule has 0 unspecified atom stereocenters. The van der Waals surface area contributed by atoms with E-state index < -0.39 is 0 Å². The number of fused-ring (bicyclic) bond motifs is 6. The lowest BCUT2D eigenvalue weighted by molar-refractivity contribution is 1.18. The first-order valence-corrected chi connectivity index (χ1v) is 35.1. The van der Waals surface area contributed by atoms with Crippen LogP contribution in [0, 0.1) is 0 Å². The van der Waals surface area contributed by atoms with Crippen molar-refractivity contribution >= 4 is 54.0 Å². The van der Waals surface area contributed by atoms with Crippen LogP contribution in [-0.2, 0) is 0 Å². The summed E-state index contributed by atoms with van der Waals surface area (Å²) in [5, 5.41) is 11.0. The molecule has 19 aromatic rings. The average Bonchev–Trinajstić information content (AvgIpc) is 0.760. The first-order chi connectivity index (χ1) is 51.5. The van der Waals surface area contributed by atoms with Crippen molar-refractivity contribution < 1.29 is 0 Å². The highest BCUT2D eigenvalue weighted by atomic mass is 14.9. The van der Waals surface area contributed by atoms with E-state index in [9.17, 15) is 0 Å². The van der Waals surface area contributed by atoms with Gasteiger partial charge in [-0.3, -0.25) is 9.97 Å². The maximum Gasteiger partial charge on any atom is 0.160 e. The minimum Gasteiger partial charge on any atom is -0.264 e. The van der Waals surface area contributed by atoms with Gasteiger partial charge in [0.1, 0.15) is 0 Å². The molecule has 4 aromatic heterocycles. The molecule has 0 saturated carbocycles. The summed E-state index contributed by atoms with van der Waals surface area (Å²) in [5.74, 6) is 1.37. The topological polar surface area (TPSA) is 77.3 Å². The van der Waals surface area contributed by atoms with Gasteiger partial charge < -0.3 is 0 Å². The molecule has 0 atom stereocenters. The molecule has 0 amide bonds. The fraction of sp³-hybridized carbons (Fsp3) is 0. The summed E-state index contributed by atoms with van der Waals surface area (Å²) in [4.78, 5) is 29.8. The largest absolute Gasteiger partial charge is 0.264 e. The van der Waals surface area contributed by atoms with Crippen LogP contribution in [0.15, 0.2) is 389 Å². The lowest BCUT2D eigenvalue weighted by Crippen LogP contribution is -1.96. The molecule has 0 aliphatic rings. The van der Waals surface area contributed by atoms with E-state index in [-0.39, 0.29) is 0 Å². The van der Waals surface area contributed by atoms with Gasteiger partial charge in [-0.2, -0.15) is 0 Å². The van der Waals surface area contributed by atoms with Crippen molar-refractivity contribution in [2.24, 2.45) is 0 Å². The number of para-hydroxylation sites is 1. The van der Waals surface area contributed by atoms with E-state index in [0.29, 0.717) is 11.6 Å². The molecule has 0 aliphatic carbocycles. The highest BCUT2D eigenvalue weighted by Crippen LogP contribution is 2.40. The van der Waals surface area contributed by atoms with Crippen LogP contribution < -0.4 is 0 Å². The maximum absolute atomic E-state index is 5.28. The van der Waals surface area contributed by atoms with E-state index in [1.165, 1.54) is 70.9 Å². The number of nitrogens with zero attached hydrogens (tertiary/aromatic N) is 6. The zero-order chi connectivity index (χ0) is 69.1. The number of hydrogen-bond donors (Lipinski definition) is 0. The van der Waals surface area contributed by atoms with Crippen molar-refractivity contribution in [3.8, 4) is 135 Å². The molecule has 0 spiro atoms. The Bertz CT molecular complexity index is 6240. The second-order valence-electron chi connectivity index (χ2n) is 26.2. The predicted octanol–water partition coefficient (Wildman–Crippen LogP) is 25.5. The van der Waals surface area contributed by atoms with Gasteiger partial charge in [0.15, 0.2) is 11.6 Å². The summed E-state index contributed by atoms with van der Waals surface area (Å²) in [5.41, 5.74) is 24.3. The fourth-order valence-corrected chi connectivity index (χ4v) is 14.2. The van der Waals surface area contributed by atoms with Gasteiger partial charge in [0.05, 0.1) is 28.3 Å². The Morgan fingerprint density at radius 1 is 0.173 bits per heavy atom. The zero-order valence-electron chi connectivity index (χ0n) is 56.6. The van der Waals surface area contributed by atoms with Crippen LogP contribution in [0.5, 0.6) is 0 Å². The Morgan fingerprint density at radius 2 is 0.558 bits per heavy atom. The Labute approximate surface area is 603 Å². The van der Waals surface area contributed by atoms with Crippen LogP contribution in [0.2, 0.25) is 0 Å². The summed E-state index contributed by atoms with van der Waals surface area (Å²) < 4.78 is 0. The van der Waals surface area contributed by atoms with E-state index in [2.05, 4.69) is 350 Å². The highest BCUT2D eigenvalue weighted by molar-refractivity contribution is 6.14. The van der Waals surface area contributed by atoms with Crippen molar-refractivity contribution in [1.82, 2.24) is 29.9 Å². The van der Waals surface area contributed by atoms with E-state index in [0.717, 1.165) is 106 Å². The molecule has 0 saturated heterocycles. The molecule has 0 fully saturated rings. The Balaban J connectivity index is 0.000000149. The molecular weight excluding hydrogens is 1260 g/mol. The van der Waals surface area contributed by atoms with Crippen LogP contribution in [0.1, 0.15) is 0 Å². The number of hydrogen-bond acceptors (Lipinski definition) is 6. The predicted molar refractivity (Wildman–Crippen MR) is 432 cm³/mol. The molecule has 15 aromatic carbocycles. The van der Waals surface area contributed by atoms with E-state index in [4.69, 9.17) is 19.9 Å². The Morgan fingerprint density at radius 3 is 1.17 bits per heavy atom. The number of rotatable bonds is 12. The van der Waals surface area contributed by atoms with E-state index in [1.54, 1.807) is 6.20 Å². The fourth-order valence-electron chi connectivity index (χ4n) is 14.2. The molecule has 0 N–H and O–H groups in total. The lowest BCUT2D eigenvalue weighted by Gasteiger charge is -2.13. The van der Waals surface area contributed by atoms with Crippen molar-refractivity contribution in [1.29, 1.82) is 0 Å². The molecule has 6 heteroatoms. The standard InChI is InChI=1S/C51H33N3.C47H31N3/c1-2-11-37-28-39(26-23-34(37)10-1)38-13-7-15-42(29-38)50-32-49(36-24-21-35(22-25-36)44-17-9-27-52-33-44)53-51(54-50)43-16-8-14-40(30-43)48-31-41-12-3-4-18-45(41)46-19-5-6-20-47(46)48;1-2-8-32(9-3-1)34-14-21-37(22-15-34)45-30-46(38-23-16-36(17-24-38)43-29-42-12-6-7-13-44(42)48-31-43)50-47(49-45)39-25-18-35(19-26-39)41-27-20-33-10-4-5-11-40(33)28-41/h1-33H;1-31H. The van der Waals surface area contributed by atoms with E-state index >= 15 is 0 Å². The smallest absolute Gasteiger partial charge is 0.160 e. The van der Waals surface area contributed by atoms with Gasteiger partial charge in [-0.15, -0.1) is 0 Å². The molecule has 486 valence electrons. The second kappa shape index (κ2) is 27.6. The van der Waals surface area contributed by atoms with Gasteiger partial charge in [0.25, 0.3) is 0 Å². The number of benzene rings is 15. The molecular formula is C98H64N6. The van der Waals surface area contributed by atoms with Crippen LogP contribution in [0.3, 0.4) is 0 Å². The molecule has 4 heterocycles. The van der Waals surface area contributed by atoms with Crippen LogP contribution >= 0.6 is 0 Å². The van der Waals surface area contributed by atoms with Gasteiger partial charge in [0, 0.05) is 62.9 Å². The Hall–Kier alpha value is -13.9. The van der Waals surface area contributed by atoms with Crippen molar-refractivity contribution in [3.63, 3.8) is 0 Å². The van der Waals surface area contributed by atoms with Gasteiger partial charge in [0.2, 0.25) is 0 Å². The molecule has 6 nitrogen and oxygen atoms in total. The zero-order valence-corrected chi connectivity index (χ0v) is 56.6. The first-order valence-electron chi connectivity index (χ1n) is 35.1. The summed E-state index contributed by atoms with van der Waals surface area (Å²) in [6.45, 7) is 0. The summed E-state index contributed by atoms with van der Waals surface area (Å²) >= 11 is 0. The molecule has 104 heavy (non-hydrogen) atoms. The minimum absolute atomic E-state index is 0.682. The molecule has 0 radical (unpaired) electrons. The Kier molecular flexibility index (Phi) is 16.6. The third-order valence-corrected chi connectivity index (χ3v) is 19.7. The van der Waals surface area contributed by atoms with Crippen molar-refractivity contribution in [3.05, 3.63) is 389 Å². The van der Waals surface area contributed by atoms with Gasteiger partial charge in [-0.05, 0) is 165 Å². The van der Waals surface area contributed by atoms with Crippen LogP contribution in [0.4, 0.5) is 0 Å². The lowest BCUT2D eigenvalue weighted by atomic mass is 9.92.